The zero-order chi connectivity index (χ0) is 14.0. The zero-order valence-electron chi connectivity index (χ0n) is 10.8. The van der Waals surface area contributed by atoms with E-state index < -0.39 is 15.8 Å². The highest BCUT2D eigenvalue weighted by Gasteiger charge is 2.33. The Morgan fingerprint density at radius 1 is 1.47 bits per heavy atom. The van der Waals surface area contributed by atoms with Crippen LogP contribution in [0.1, 0.15) is 25.3 Å². The predicted octanol–water partition coefficient (Wildman–Crippen LogP) is 2.99. The number of sulfonamides is 1. The van der Waals surface area contributed by atoms with Gasteiger partial charge in [0.1, 0.15) is 10.7 Å². The predicted molar refractivity (Wildman–Crippen MR) is 73.1 cm³/mol. The Labute approximate surface area is 118 Å². The highest BCUT2D eigenvalue weighted by molar-refractivity contribution is 7.89. The van der Waals surface area contributed by atoms with Crippen LogP contribution in [0.25, 0.3) is 0 Å². The molecule has 1 heterocycles. The van der Waals surface area contributed by atoms with E-state index in [0.29, 0.717) is 24.6 Å². The normalized spacial score (nSPS) is 20.9. The highest BCUT2D eigenvalue weighted by atomic mass is 35.5. The Balaban J connectivity index is 2.30. The lowest BCUT2D eigenvalue weighted by Crippen LogP contribution is -2.29. The van der Waals surface area contributed by atoms with E-state index in [2.05, 4.69) is 0 Å². The molecule has 0 saturated carbocycles. The topological polar surface area (TPSA) is 37.4 Å². The zero-order valence-corrected chi connectivity index (χ0v) is 12.3. The standard InChI is InChI=1S/C13H17ClFNO2S/c1-2-10-5-6-16(9-10)19(17,18)13-4-3-11(8-14)7-12(13)15/h3-4,7,10H,2,5-6,8-9H2,1H3. The Morgan fingerprint density at radius 2 is 2.21 bits per heavy atom. The summed E-state index contributed by atoms with van der Waals surface area (Å²) in [5, 5.41) is 0. The number of rotatable bonds is 4. The van der Waals surface area contributed by atoms with E-state index in [1.807, 2.05) is 6.92 Å². The Hall–Kier alpha value is -0.650. The number of hydrogen-bond donors (Lipinski definition) is 0. The van der Waals surface area contributed by atoms with E-state index in [1.165, 1.54) is 16.4 Å². The second-order valence-electron chi connectivity index (χ2n) is 4.82. The minimum Gasteiger partial charge on any atom is -0.207 e. The molecule has 106 valence electrons. The number of benzene rings is 1. The summed E-state index contributed by atoms with van der Waals surface area (Å²) < 4.78 is 40.0. The molecule has 0 bridgehead atoms. The van der Waals surface area contributed by atoms with Gasteiger partial charge in [0.2, 0.25) is 10.0 Å². The van der Waals surface area contributed by atoms with E-state index in [1.54, 1.807) is 6.07 Å². The quantitative estimate of drug-likeness (QED) is 0.802. The fourth-order valence-corrected chi connectivity index (χ4v) is 4.07. The summed E-state index contributed by atoms with van der Waals surface area (Å²) in [7, 11) is -3.72. The fraction of sp³-hybridized carbons (Fsp3) is 0.538. The molecule has 1 aromatic carbocycles. The maximum Gasteiger partial charge on any atom is 0.245 e. The molecule has 0 N–H and O–H groups in total. The molecule has 1 aliphatic heterocycles. The first-order valence-electron chi connectivity index (χ1n) is 6.33. The SMILES string of the molecule is CCC1CCN(S(=O)(=O)c2ccc(CCl)cc2F)C1. The maximum atomic E-state index is 13.9. The van der Waals surface area contributed by atoms with Crippen LogP contribution >= 0.6 is 11.6 Å². The largest absolute Gasteiger partial charge is 0.245 e. The third-order valence-corrected chi connectivity index (χ3v) is 5.80. The van der Waals surface area contributed by atoms with Crippen LogP contribution in [0.3, 0.4) is 0 Å². The average Bonchev–Trinajstić information content (AvgIpc) is 2.87. The van der Waals surface area contributed by atoms with Crippen LogP contribution in [-0.4, -0.2) is 25.8 Å². The van der Waals surface area contributed by atoms with Gasteiger partial charge in [-0.25, -0.2) is 12.8 Å². The molecule has 3 nitrogen and oxygen atoms in total. The Morgan fingerprint density at radius 3 is 2.74 bits per heavy atom. The van der Waals surface area contributed by atoms with Crippen molar-refractivity contribution in [1.29, 1.82) is 0 Å². The average molecular weight is 306 g/mol. The maximum absolute atomic E-state index is 13.9. The molecule has 1 unspecified atom stereocenters. The van der Waals surface area contributed by atoms with Gasteiger partial charge < -0.3 is 0 Å². The highest BCUT2D eigenvalue weighted by Crippen LogP contribution is 2.27. The van der Waals surface area contributed by atoms with Gasteiger partial charge in [-0.1, -0.05) is 19.4 Å². The molecule has 1 fully saturated rings. The molecule has 0 aromatic heterocycles. The van der Waals surface area contributed by atoms with Crippen LogP contribution in [-0.2, 0) is 15.9 Å². The molecule has 1 aliphatic rings. The summed E-state index contributed by atoms with van der Waals surface area (Å²) in [6.07, 6.45) is 1.79. The van der Waals surface area contributed by atoms with Gasteiger partial charge in [-0.2, -0.15) is 4.31 Å². The molecule has 6 heteroatoms. The molecule has 0 radical (unpaired) electrons. The van der Waals surface area contributed by atoms with Crippen molar-refractivity contribution in [1.82, 2.24) is 4.31 Å². The second kappa shape index (κ2) is 5.77. The lowest BCUT2D eigenvalue weighted by Gasteiger charge is -2.17. The van der Waals surface area contributed by atoms with Gasteiger partial charge in [0.15, 0.2) is 0 Å². The fourth-order valence-electron chi connectivity index (χ4n) is 2.32. The van der Waals surface area contributed by atoms with Crippen LogP contribution in [0, 0.1) is 11.7 Å². The molecule has 1 aromatic rings. The number of nitrogens with zero attached hydrogens (tertiary/aromatic N) is 1. The Bertz CT molecular complexity index is 562. The first kappa shape index (κ1) is 14.8. The number of hydrogen-bond acceptors (Lipinski definition) is 2. The van der Waals surface area contributed by atoms with Gasteiger partial charge in [0.25, 0.3) is 0 Å². The minimum absolute atomic E-state index is 0.166. The van der Waals surface area contributed by atoms with Gasteiger partial charge in [-0.3, -0.25) is 0 Å². The lowest BCUT2D eigenvalue weighted by atomic mass is 10.1. The van der Waals surface area contributed by atoms with Crippen molar-refractivity contribution in [2.75, 3.05) is 13.1 Å². The molecular formula is C13H17ClFNO2S. The van der Waals surface area contributed by atoms with Gasteiger partial charge >= 0.3 is 0 Å². The van der Waals surface area contributed by atoms with E-state index in [4.69, 9.17) is 11.6 Å². The van der Waals surface area contributed by atoms with E-state index in [-0.39, 0.29) is 10.8 Å². The summed E-state index contributed by atoms with van der Waals surface area (Å²) in [5.74, 6) is -0.183. The van der Waals surface area contributed by atoms with Crippen molar-refractivity contribution < 1.29 is 12.8 Å². The minimum atomic E-state index is -3.72. The lowest BCUT2D eigenvalue weighted by molar-refractivity contribution is 0.448. The third-order valence-electron chi connectivity index (χ3n) is 3.59. The smallest absolute Gasteiger partial charge is 0.207 e. The first-order chi connectivity index (χ1) is 8.98. The molecule has 0 spiro atoms. The van der Waals surface area contributed by atoms with Crippen molar-refractivity contribution in [3.8, 4) is 0 Å². The summed E-state index contributed by atoms with van der Waals surface area (Å²) in [5.41, 5.74) is 0.575. The van der Waals surface area contributed by atoms with Crippen molar-refractivity contribution in [3.63, 3.8) is 0 Å². The third kappa shape index (κ3) is 2.93. The van der Waals surface area contributed by atoms with Crippen LogP contribution < -0.4 is 0 Å². The molecule has 0 amide bonds. The Kier molecular flexibility index (Phi) is 4.48. The summed E-state index contributed by atoms with van der Waals surface area (Å²) in [6, 6.07) is 4.05. The molecule has 1 saturated heterocycles. The van der Waals surface area contributed by atoms with Gasteiger partial charge in [-0.05, 0) is 30.0 Å². The van der Waals surface area contributed by atoms with Crippen LogP contribution in [0.15, 0.2) is 23.1 Å². The van der Waals surface area contributed by atoms with Gasteiger partial charge in [-0.15, -0.1) is 11.6 Å². The van der Waals surface area contributed by atoms with Crippen molar-refractivity contribution in [2.45, 2.75) is 30.5 Å². The molecule has 1 atom stereocenters. The molecule has 19 heavy (non-hydrogen) atoms. The van der Waals surface area contributed by atoms with Crippen molar-refractivity contribution in [3.05, 3.63) is 29.6 Å². The van der Waals surface area contributed by atoms with Crippen molar-refractivity contribution >= 4 is 21.6 Å². The molecular weight excluding hydrogens is 289 g/mol. The second-order valence-corrected chi connectivity index (χ2v) is 7.00. The van der Waals surface area contributed by atoms with Crippen molar-refractivity contribution in [2.24, 2.45) is 5.92 Å². The van der Waals surface area contributed by atoms with E-state index in [0.717, 1.165) is 12.8 Å². The van der Waals surface area contributed by atoms with Gasteiger partial charge in [0.05, 0.1) is 0 Å². The molecule has 2 rings (SSSR count). The first-order valence-corrected chi connectivity index (χ1v) is 8.31. The summed E-state index contributed by atoms with van der Waals surface area (Å²) in [4.78, 5) is -0.252. The van der Waals surface area contributed by atoms with Crippen LogP contribution in [0.2, 0.25) is 0 Å². The van der Waals surface area contributed by atoms with E-state index in [9.17, 15) is 12.8 Å². The van der Waals surface area contributed by atoms with Crippen LogP contribution in [0.4, 0.5) is 4.39 Å². The molecule has 0 aliphatic carbocycles. The van der Waals surface area contributed by atoms with Gasteiger partial charge in [0, 0.05) is 19.0 Å². The monoisotopic (exact) mass is 305 g/mol. The van der Waals surface area contributed by atoms with Crippen LogP contribution in [0.5, 0.6) is 0 Å². The summed E-state index contributed by atoms with van der Waals surface area (Å²) in [6.45, 7) is 2.99. The van der Waals surface area contributed by atoms with E-state index >= 15 is 0 Å². The number of halogens is 2. The summed E-state index contributed by atoms with van der Waals surface area (Å²) >= 11 is 5.60. The number of alkyl halides is 1.